The normalized spacial score (nSPS) is 12.9. The fourth-order valence-corrected chi connectivity index (χ4v) is 3.27. The molecule has 2 N–H and O–H groups in total. The number of H-pyrrole nitrogens is 1. The van der Waals surface area contributed by atoms with Gasteiger partial charge in [0.25, 0.3) is 0 Å². The zero-order chi connectivity index (χ0) is 13.1. The van der Waals surface area contributed by atoms with E-state index in [9.17, 15) is 0 Å². The quantitative estimate of drug-likeness (QED) is 0.703. The molecule has 19 heavy (non-hydrogen) atoms. The van der Waals surface area contributed by atoms with Gasteiger partial charge in [-0.2, -0.15) is 0 Å². The first kappa shape index (κ1) is 12.5. The molecule has 1 aromatic carbocycles. The smallest absolute Gasteiger partial charge is 0.0457 e. The summed E-state index contributed by atoms with van der Waals surface area (Å²) in [6, 6.07) is 13.5. The van der Waals surface area contributed by atoms with E-state index in [0.29, 0.717) is 6.04 Å². The Balaban J connectivity index is 1.70. The maximum Gasteiger partial charge on any atom is 0.0457 e. The molecule has 2 aromatic heterocycles. The van der Waals surface area contributed by atoms with E-state index >= 15 is 0 Å². The number of benzene rings is 1. The van der Waals surface area contributed by atoms with E-state index in [1.807, 2.05) is 17.5 Å². The minimum atomic E-state index is 0.458. The van der Waals surface area contributed by atoms with Crippen molar-refractivity contribution in [1.29, 1.82) is 0 Å². The van der Waals surface area contributed by atoms with Gasteiger partial charge in [-0.3, -0.25) is 0 Å². The first-order chi connectivity index (χ1) is 9.36. The second-order valence-electron chi connectivity index (χ2n) is 4.76. The van der Waals surface area contributed by atoms with Crippen molar-refractivity contribution >= 4 is 22.2 Å². The Labute approximate surface area is 117 Å². The Morgan fingerprint density at radius 3 is 3.00 bits per heavy atom. The van der Waals surface area contributed by atoms with Crippen molar-refractivity contribution in [2.75, 3.05) is 0 Å². The van der Waals surface area contributed by atoms with Crippen molar-refractivity contribution in [3.8, 4) is 0 Å². The van der Waals surface area contributed by atoms with Crippen LogP contribution in [-0.2, 0) is 6.54 Å². The second kappa shape index (κ2) is 5.59. The van der Waals surface area contributed by atoms with E-state index in [1.54, 1.807) is 0 Å². The molecule has 0 saturated carbocycles. The van der Waals surface area contributed by atoms with E-state index in [0.717, 1.165) is 13.0 Å². The molecule has 1 atom stereocenters. The molecule has 2 heterocycles. The molecule has 0 radical (unpaired) electrons. The fraction of sp³-hybridized carbons (Fsp3) is 0.250. The molecule has 3 aromatic rings. The van der Waals surface area contributed by atoms with Gasteiger partial charge in [0.05, 0.1) is 0 Å². The van der Waals surface area contributed by atoms with Crippen molar-refractivity contribution in [1.82, 2.24) is 10.3 Å². The highest BCUT2D eigenvalue weighted by Crippen LogP contribution is 2.22. The maximum atomic E-state index is 3.64. The molecular weight excluding hydrogens is 252 g/mol. The summed E-state index contributed by atoms with van der Waals surface area (Å²) >= 11 is 1.83. The third-order valence-corrected chi connectivity index (χ3v) is 4.45. The summed E-state index contributed by atoms with van der Waals surface area (Å²) in [6.45, 7) is 3.14. The lowest BCUT2D eigenvalue weighted by molar-refractivity contribution is 0.527. The molecule has 0 aliphatic heterocycles. The monoisotopic (exact) mass is 270 g/mol. The molecule has 0 saturated heterocycles. The Kier molecular flexibility index (Phi) is 3.67. The predicted molar refractivity (Wildman–Crippen MR) is 82.5 cm³/mol. The van der Waals surface area contributed by atoms with Crippen LogP contribution < -0.4 is 5.32 Å². The summed E-state index contributed by atoms with van der Waals surface area (Å²) in [6.07, 6.45) is 3.10. The Morgan fingerprint density at radius 1 is 1.26 bits per heavy atom. The molecule has 3 heteroatoms. The molecule has 2 nitrogen and oxygen atoms in total. The zero-order valence-corrected chi connectivity index (χ0v) is 11.8. The van der Waals surface area contributed by atoms with Gasteiger partial charge in [0.15, 0.2) is 0 Å². The Hall–Kier alpha value is -1.58. The molecule has 1 unspecified atom stereocenters. The van der Waals surface area contributed by atoms with E-state index in [-0.39, 0.29) is 0 Å². The van der Waals surface area contributed by atoms with Gasteiger partial charge < -0.3 is 10.3 Å². The lowest BCUT2D eigenvalue weighted by Crippen LogP contribution is -2.19. The van der Waals surface area contributed by atoms with Gasteiger partial charge in [-0.05, 0) is 40.9 Å². The largest absolute Gasteiger partial charge is 0.361 e. The minimum Gasteiger partial charge on any atom is -0.361 e. The van der Waals surface area contributed by atoms with Crippen LogP contribution in [0.1, 0.15) is 29.8 Å². The van der Waals surface area contributed by atoms with Gasteiger partial charge in [-0.25, -0.2) is 0 Å². The fourth-order valence-electron chi connectivity index (χ4n) is 2.38. The highest BCUT2D eigenvalue weighted by atomic mass is 32.1. The third kappa shape index (κ3) is 2.72. The lowest BCUT2D eigenvalue weighted by atomic mass is 10.1. The number of hydrogen-bond donors (Lipinski definition) is 2. The standard InChI is InChI=1S/C16H18N2S/c1-2-14(16-4-3-9-19-16)18-11-12-5-6-13-7-8-17-15(13)10-12/h3-10,14,17-18H,2,11H2,1H3. The summed E-state index contributed by atoms with van der Waals surface area (Å²) in [5.74, 6) is 0. The molecule has 0 spiro atoms. The number of nitrogens with one attached hydrogen (secondary N) is 2. The predicted octanol–water partition coefficient (Wildman–Crippen LogP) is 4.47. The van der Waals surface area contributed by atoms with Crippen molar-refractivity contribution in [3.63, 3.8) is 0 Å². The average Bonchev–Trinajstić information content (AvgIpc) is 3.10. The summed E-state index contributed by atoms with van der Waals surface area (Å²) in [7, 11) is 0. The minimum absolute atomic E-state index is 0.458. The first-order valence-electron chi connectivity index (χ1n) is 6.69. The summed E-state index contributed by atoms with van der Waals surface area (Å²) in [5.41, 5.74) is 2.54. The number of rotatable bonds is 5. The van der Waals surface area contributed by atoms with Crippen LogP contribution in [0.5, 0.6) is 0 Å². The van der Waals surface area contributed by atoms with E-state index < -0.39 is 0 Å². The lowest BCUT2D eigenvalue weighted by Gasteiger charge is -2.15. The number of thiophene rings is 1. The van der Waals surface area contributed by atoms with Crippen LogP contribution >= 0.6 is 11.3 Å². The molecule has 3 rings (SSSR count). The van der Waals surface area contributed by atoms with Crippen LogP contribution in [0.2, 0.25) is 0 Å². The van der Waals surface area contributed by atoms with Gasteiger partial charge in [0, 0.05) is 29.2 Å². The average molecular weight is 270 g/mol. The molecule has 0 fully saturated rings. The van der Waals surface area contributed by atoms with Crippen molar-refractivity contribution in [2.24, 2.45) is 0 Å². The van der Waals surface area contributed by atoms with Crippen LogP contribution in [0, 0.1) is 0 Å². The second-order valence-corrected chi connectivity index (χ2v) is 5.74. The van der Waals surface area contributed by atoms with Crippen LogP contribution in [0.15, 0.2) is 48.0 Å². The van der Waals surface area contributed by atoms with Gasteiger partial charge in [-0.1, -0.05) is 25.1 Å². The Bertz CT molecular complexity index is 640. The van der Waals surface area contributed by atoms with Crippen LogP contribution in [-0.4, -0.2) is 4.98 Å². The molecular formula is C16H18N2S. The topological polar surface area (TPSA) is 27.8 Å². The SMILES string of the molecule is CCC(NCc1ccc2cc[nH]c2c1)c1cccs1. The Morgan fingerprint density at radius 2 is 2.21 bits per heavy atom. The van der Waals surface area contributed by atoms with Crippen molar-refractivity contribution in [2.45, 2.75) is 25.9 Å². The van der Waals surface area contributed by atoms with Gasteiger partial charge in [0.2, 0.25) is 0 Å². The number of aromatic amines is 1. The van der Waals surface area contributed by atoms with E-state index in [1.165, 1.54) is 21.3 Å². The van der Waals surface area contributed by atoms with Crippen LogP contribution in [0.25, 0.3) is 10.9 Å². The molecule has 98 valence electrons. The highest BCUT2D eigenvalue weighted by Gasteiger charge is 2.09. The maximum absolute atomic E-state index is 3.64. The highest BCUT2D eigenvalue weighted by molar-refractivity contribution is 7.10. The third-order valence-electron chi connectivity index (χ3n) is 3.47. The van der Waals surface area contributed by atoms with E-state index in [2.05, 4.69) is 59.0 Å². The molecule has 0 bridgehead atoms. The number of fused-ring (bicyclic) bond motifs is 1. The van der Waals surface area contributed by atoms with Crippen LogP contribution in [0.4, 0.5) is 0 Å². The number of hydrogen-bond acceptors (Lipinski definition) is 2. The zero-order valence-electron chi connectivity index (χ0n) is 11.0. The molecule has 0 amide bonds. The molecule has 0 aliphatic rings. The van der Waals surface area contributed by atoms with Gasteiger partial charge >= 0.3 is 0 Å². The van der Waals surface area contributed by atoms with E-state index in [4.69, 9.17) is 0 Å². The first-order valence-corrected chi connectivity index (χ1v) is 7.57. The van der Waals surface area contributed by atoms with Gasteiger partial charge in [0.1, 0.15) is 0 Å². The summed E-state index contributed by atoms with van der Waals surface area (Å²) in [4.78, 5) is 4.68. The van der Waals surface area contributed by atoms with Crippen LogP contribution in [0.3, 0.4) is 0 Å². The van der Waals surface area contributed by atoms with Gasteiger partial charge in [-0.15, -0.1) is 11.3 Å². The van der Waals surface area contributed by atoms with Crippen molar-refractivity contribution < 1.29 is 0 Å². The summed E-state index contributed by atoms with van der Waals surface area (Å²) in [5, 5.41) is 7.06. The molecule has 0 aliphatic carbocycles. The number of aromatic nitrogens is 1. The summed E-state index contributed by atoms with van der Waals surface area (Å²) < 4.78 is 0. The van der Waals surface area contributed by atoms with Crippen molar-refractivity contribution in [3.05, 3.63) is 58.4 Å².